The summed E-state index contributed by atoms with van der Waals surface area (Å²) in [5.74, 6) is -0.250. The molecule has 0 aromatic rings. The summed E-state index contributed by atoms with van der Waals surface area (Å²) in [6.45, 7) is 1.11. The zero-order valence-corrected chi connectivity index (χ0v) is 12.2. The molecule has 2 amide bonds. The molecule has 0 radical (unpaired) electrons. The van der Waals surface area contributed by atoms with Gasteiger partial charge in [-0.25, -0.2) is 0 Å². The van der Waals surface area contributed by atoms with Crippen molar-refractivity contribution in [3.8, 4) is 0 Å². The van der Waals surface area contributed by atoms with Crippen LogP contribution in [0.4, 0.5) is 4.79 Å². The molecule has 0 spiro atoms. The molecular weight excluding hydrogens is 280 g/mol. The molecule has 20 heavy (non-hydrogen) atoms. The summed E-state index contributed by atoms with van der Waals surface area (Å²) in [6, 6.07) is 0. The lowest BCUT2D eigenvalue weighted by Gasteiger charge is -2.29. The van der Waals surface area contributed by atoms with Crippen LogP contribution in [0.25, 0.3) is 0 Å². The summed E-state index contributed by atoms with van der Waals surface area (Å²) in [4.78, 5) is 36.0. The Morgan fingerprint density at radius 3 is 2.60 bits per heavy atom. The highest BCUT2D eigenvalue weighted by Crippen LogP contribution is 2.32. The fourth-order valence-electron chi connectivity index (χ4n) is 2.91. The van der Waals surface area contributed by atoms with Crippen LogP contribution in [-0.2, 0) is 9.59 Å². The van der Waals surface area contributed by atoms with Crippen LogP contribution in [0.5, 0.6) is 0 Å². The first kappa shape index (κ1) is 15.2. The molecule has 1 saturated heterocycles. The second-order valence-electron chi connectivity index (χ2n) is 5.46. The SMILES string of the molecule is O=C(O)CC1(NC(=O)CCN2CCSC2=O)CCCC1. The first-order valence-electron chi connectivity index (χ1n) is 6.95. The third kappa shape index (κ3) is 3.88. The summed E-state index contributed by atoms with van der Waals surface area (Å²) in [5, 5.41) is 11.9. The minimum absolute atomic E-state index is 0.0166. The molecule has 0 aromatic carbocycles. The Bertz CT molecular complexity index is 407. The molecule has 1 aliphatic carbocycles. The van der Waals surface area contributed by atoms with E-state index >= 15 is 0 Å². The van der Waals surface area contributed by atoms with Crippen molar-refractivity contribution in [2.75, 3.05) is 18.8 Å². The molecule has 2 rings (SSSR count). The maximum absolute atomic E-state index is 12.0. The number of carboxylic acid groups (broad SMARTS) is 1. The maximum Gasteiger partial charge on any atom is 0.305 e. The Kier molecular flexibility index (Phi) is 4.91. The van der Waals surface area contributed by atoms with Crippen molar-refractivity contribution in [2.24, 2.45) is 0 Å². The number of hydrogen-bond acceptors (Lipinski definition) is 4. The van der Waals surface area contributed by atoms with Crippen molar-refractivity contribution in [3.63, 3.8) is 0 Å². The number of carbonyl (C=O) groups is 3. The van der Waals surface area contributed by atoms with Crippen LogP contribution < -0.4 is 5.32 Å². The van der Waals surface area contributed by atoms with Crippen molar-refractivity contribution in [1.82, 2.24) is 10.2 Å². The fourth-order valence-corrected chi connectivity index (χ4v) is 3.76. The first-order valence-corrected chi connectivity index (χ1v) is 7.94. The number of amides is 2. The molecule has 0 bridgehead atoms. The molecule has 1 heterocycles. The van der Waals surface area contributed by atoms with E-state index in [1.165, 1.54) is 11.8 Å². The number of nitrogens with one attached hydrogen (secondary N) is 1. The number of carboxylic acids is 1. The second kappa shape index (κ2) is 6.47. The smallest absolute Gasteiger partial charge is 0.305 e. The van der Waals surface area contributed by atoms with Gasteiger partial charge in [0.05, 0.1) is 12.0 Å². The molecule has 1 saturated carbocycles. The van der Waals surface area contributed by atoms with Crippen LogP contribution in [0.2, 0.25) is 0 Å². The van der Waals surface area contributed by atoms with E-state index in [0.29, 0.717) is 13.1 Å². The number of thioether (sulfide) groups is 1. The molecule has 2 N–H and O–H groups in total. The van der Waals surface area contributed by atoms with Gasteiger partial charge in [0.15, 0.2) is 0 Å². The van der Waals surface area contributed by atoms with E-state index in [9.17, 15) is 14.4 Å². The van der Waals surface area contributed by atoms with Crippen LogP contribution >= 0.6 is 11.8 Å². The highest BCUT2D eigenvalue weighted by molar-refractivity contribution is 8.13. The van der Waals surface area contributed by atoms with E-state index < -0.39 is 11.5 Å². The number of nitrogens with zero attached hydrogens (tertiary/aromatic N) is 1. The van der Waals surface area contributed by atoms with Crippen molar-refractivity contribution in [3.05, 3.63) is 0 Å². The van der Waals surface area contributed by atoms with E-state index in [-0.39, 0.29) is 24.0 Å². The topological polar surface area (TPSA) is 86.7 Å². The van der Waals surface area contributed by atoms with Gasteiger partial charge in [0.2, 0.25) is 5.91 Å². The van der Waals surface area contributed by atoms with Gasteiger partial charge >= 0.3 is 5.97 Å². The third-order valence-corrected chi connectivity index (χ3v) is 4.80. The molecule has 1 aliphatic heterocycles. The van der Waals surface area contributed by atoms with Gasteiger partial charge in [-0.1, -0.05) is 24.6 Å². The molecule has 0 unspecified atom stereocenters. The number of rotatable bonds is 6. The lowest BCUT2D eigenvalue weighted by Crippen LogP contribution is -2.48. The molecule has 2 aliphatic rings. The Morgan fingerprint density at radius 1 is 1.35 bits per heavy atom. The largest absolute Gasteiger partial charge is 0.481 e. The summed E-state index contributed by atoms with van der Waals surface area (Å²) in [6.07, 6.45) is 3.58. The molecular formula is C13H20N2O4S. The Morgan fingerprint density at radius 2 is 2.05 bits per heavy atom. The predicted octanol–water partition coefficient (Wildman–Crippen LogP) is 1.45. The zero-order chi connectivity index (χ0) is 14.6. The van der Waals surface area contributed by atoms with Crippen LogP contribution in [0.15, 0.2) is 0 Å². The highest BCUT2D eigenvalue weighted by atomic mass is 32.2. The van der Waals surface area contributed by atoms with Gasteiger partial charge in [0, 0.05) is 25.3 Å². The summed E-state index contributed by atoms with van der Waals surface area (Å²) in [5.41, 5.74) is -0.577. The van der Waals surface area contributed by atoms with E-state index in [1.807, 2.05) is 0 Å². The van der Waals surface area contributed by atoms with E-state index in [2.05, 4.69) is 5.32 Å². The molecule has 0 aromatic heterocycles. The Labute approximate surface area is 122 Å². The number of aliphatic carboxylic acids is 1. The zero-order valence-electron chi connectivity index (χ0n) is 11.4. The molecule has 7 heteroatoms. The van der Waals surface area contributed by atoms with Gasteiger partial charge in [-0.3, -0.25) is 14.4 Å². The molecule has 112 valence electrons. The minimum atomic E-state index is -0.877. The van der Waals surface area contributed by atoms with Gasteiger partial charge in [-0.2, -0.15) is 0 Å². The lowest BCUT2D eigenvalue weighted by atomic mass is 9.93. The standard InChI is InChI=1S/C13H20N2O4S/c16-10(3-6-15-7-8-20-12(15)19)14-13(9-11(17)18)4-1-2-5-13/h1-9H2,(H,14,16)(H,17,18). The monoisotopic (exact) mass is 300 g/mol. The van der Waals surface area contributed by atoms with Crippen LogP contribution in [0.1, 0.15) is 38.5 Å². The quantitative estimate of drug-likeness (QED) is 0.775. The normalized spacial score (nSPS) is 21.2. The number of hydrogen-bond donors (Lipinski definition) is 2. The van der Waals surface area contributed by atoms with Gasteiger partial charge < -0.3 is 15.3 Å². The predicted molar refractivity (Wildman–Crippen MR) is 75.6 cm³/mol. The molecule has 2 fully saturated rings. The average Bonchev–Trinajstić information content (AvgIpc) is 2.96. The number of carbonyl (C=O) groups excluding carboxylic acids is 2. The van der Waals surface area contributed by atoms with Crippen molar-refractivity contribution in [1.29, 1.82) is 0 Å². The fraction of sp³-hybridized carbons (Fsp3) is 0.769. The second-order valence-corrected chi connectivity index (χ2v) is 6.50. The summed E-state index contributed by atoms with van der Waals surface area (Å²) >= 11 is 1.28. The van der Waals surface area contributed by atoms with Crippen LogP contribution in [-0.4, -0.2) is 51.5 Å². The minimum Gasteiger partial charge on any atom is -0.481 e. The van der Waals surface area contributed by atoms with Crippen LogP contribution in [0, 0.1) is 0 Å². The first-order chi connectivity index (χ1) is 9.51. The van der Waals surface area contributed by atoms with E-state index in [4.69, 9.17) is 5.11 Å². The van der Waals surface area contributed by atoms with Crippen molar-refractivity contribution in [2.45, 2.75) is 44.1 Å². The Balaban J connectivity index is 1.82. The average molecular weight is 300 g/mol. The highest BCUT2D eigenvalue weighted by Gasteiger charge is 2.37. The van der Waals surface area contributed by atoms with E-state index in [1.54, 1.807) is 4.90 Å². The Hall–Kier alpha value is -1.24. The van der Waals surface area contributed by atoms with Crippen molar-refractivity contribution >= 4 is 28.9 Å². The van der Waals surface area contributed by atoms with Gasteiger partial charge in [0.25, 0.3) is 5.24 Å². The summed E-state index contributed by atoms with van der Waals surface area (Å²) in [7, 11) is 0. The third-order valence-electron chi connectivity index (χ3n) is 3.91. The van der Waals surface area contributed by atoms with Gasteiger partial charge in [-0.15, -0.1) is 0 Å². The molecule has 0 atom stereocenters. The molecule has 6 nitrogen and oxygen atoms in total. The van der Waals surface area contributed by atoms with E-state index in [0.717, 1.165) is 31.4 Å². The van der Waals surface area contributed by atoms with Gasteiger partial charge in [-0.05, 0) is 12.8 Å². The van der Waals surface area contributed by atoms with Crippen LogP contribution in [0.3, 0.4) is 0 Å². The maximum atomic E-state index is 12.0. The van der Waals surface area contributed by atoms with Crippen molar-refractivity contribution < 1.29 is 19.5 Å². The summed E-state index contributed by atoms with van der Waals surface area (Å²) < 4.78 is 0. The van der Waals surface area contributed by atoms with Gasteiger partial charge in [0.1, 0.15) is 0 Å². The lowest BCUT2D eigenvalue weighted by molar-refractivity contribution is -0.139.